The lowest BCUT2D eigenvalue weighted by atomic mass is 9.94. The van der Waals surface area contributed by atoms with Gasteiger partial charge in [0, 0.05) is 18.7 Å². The number of methoxy groups -OCH3 is 1. The summed E-state index contributed by atoms with van der Waals surface area (Å²) in [6.45, 7) is 5.18. The van der Waals surface area contributed by atoms with Crippen LogP contribution in [-0.4, -0.2) is 39.2 Å². The molecule has 0 saturated carbocycles. The van der Waals surface area contributed by atoms with E-state index >= 15 is 0 Å². The molecule has 25 heavy (non-hydrogen) atoms. The maximum atomic E-state index is 12.8. The molecule has 138 valence electrons. The molecule has 0 spiro atoms. The van der Waals surface area contributed by atoms with E-state index in [4.69, 9.17) is 4.74 Å². The SMILES string of the molecule is COC(=O)C1CCNC1c1cc(NC(C)=O)ccc1S(=O)(=O)C(C)C. The Kier molecular flexibility index (Phi) is 5.84. The molecule has 1 fully saturated rings. The van der Waals surface area contributed by atoms with Gasteiger partial charge in [0.2, 0.25) is 5.91 Å². The Morgan fingerprint density at radius 3 is 2.56 bits per heavy atom. The smallest absolute Gasteiger partial charge is 0.310 e. The van der Waals surface area contributed by atoms with Crippen molar-refractivity contribution in [2.75, 3.05) is 19.0 Å². The first-order valence-electron chi connectivity index (χ1n) is 8.15. The van der Waals surface area contributed by atoms with E-state index in [1.54, 1.807) is 26.0 Å². The van der Waals surface area contributed by atoms with E-state index in [9.17, 15) is 18.0 Å². The van der Waals surface area contributed by atoms with E-state index in [0.717, 1.165) is 0 Å². The van der Waals surface area contributed by atoms with Gasteiger partial charge >= 0.3 is 5.97 Å². The molecule has 1 aromatic rings. The second-order valence-corrected chi connectivity index (χ2v) is 8.85. The van der Waals surface area contributed by atoms with Crippen molar-refractivity contribution < 1.29 is 22.7 Å². The summed E-state index contributed by atoms with van der Waals surface area (Å²) in [6, 6.07) is 4.19. The molecular formula is C17H24N2O5S. The van der Waals surface area contributed by atoms with Gasteiger partial charge in [0.05, 0.1) is 23.2 Å². The standard InChI is InChI=1S/C17H24N2O5S/c1-10(2)25(22,23)15-6-5-12(19-11(3)20)9-14(15)16-13(7-8-18-16)17(21)24-4/h5-6,9-10,13,16,18H,7-8H2,1-4H3,(H,19,20). The van der Waals surface area contributed by atoms with Crippen LogP contribution in [-0.2, 0) is 24.2 Å². The van der Waals surface area contributed by atoms with Gasteiger partial charge in [-0.2, -0.15) is 0 Å². The molecule has 2 N–H and O–H groups in total. The first-order valence-corrected chi connectivity index (χ1v) is 9.69. The molecule has 2 unspecified atom stereocenters. The number of carbonyl (C=O) groups excluding carboxylic acids is 2. The zero-order chi connectivity index (χ0) is 18.8. The van der Waals surface area contributed by atoms with Crippen LogP contribution in [0, 0.1) is 5.92 Å². The molecule has 1 amide bonds. The number of hydrogen-bond donors (Lipinski definition) is 2. The highest BCUT2D eigenvalue weighted by Gasteiger charge is 2.38. The van der Waals surface area contributed by atoms with Crippen molar-refractivity contribution in [3.8, 4) is 0 Å². The van der Waals surface area contributed by atoms with Crippen LogP contribution < -0.4 is 10.6 Å². The number of amides is 1. The molecule has 1 aliphatic rings. The highest BCUT2D eigenvalue weighted by Crippen LogP contribution is 2.36. The van der Waals surface area contributed by atoms with Crippen LogP contribution in [0.3, 0.4) is 0 Å². The molecule has 8 heteroatoms. The Balaban J connectivity index is 2.59. The third-order valence-electron chi connectivity index (χ3n) is 4.32. The minimum absolute atomic E-state index is 0.171. The summed E-state index contributed by atoms with van der Waals surface area (Å²) in [5, 5.41) is 5.25. The third-order valence-corrected chi connectivity index (χ3v) is 6.54. The van der Waals surface area contributed by atoms with Gasteiger partial charge < -0.3 is 15.4 Å². The van der Waals surface area contributed by atoms with Gasteiger partial charge in [-0.3, -0.25) is 9.59 Å². The van der Waals surface area contributed by atoms with Crippen molar-refractivity contribution in [2.45, 2.75) is 43.4 Å². The zero-order valence-electron chi connectivity index (χ0n) is 14.8. The molecule has 1 saturated heterocycles. The molecule has 0 bridgehead atoms. The Labute approximate surface area is 148 Å². The molecule has 1 aliphatic heterocycles. The molecule has 1 heterocycles. The lowest BCUT2D eigenvalue weighted by Crippen LogP contribution is -2.27. The topological polar surface area (TPSA) is 102 Å². The first kappa shape index (κ1) is 19.4. The van der Waals surface area contributed by atoms with Gasteiger partial charge in [0.25, 0.3) is 0 Å². The quantitative estimate of drug-likeness (QED) is 0.767. The predicted octanol–water partition coefficient (Wildman–Crippen LogP) is 1.65. The summed E-state index contributed by atoms with van der Waals surface area (Å²) in [5.41, 5.74) is 0.968. The van der Waals surface area contributed by atoms with Crippen LogP contribution in [0.2, 0.25) is 0 Å². The maximum Gasteiger partial charge on any atom is 0.310 e. The van der Waals surface area contributed by atoms with Gasteiger partial charge in [-0.15, -0.1) is 0 Å². The Bertz CT molecular complexity index is 773. The van der Waals surface area contributed by atoms with Gasteiger partial charge in [0.1, 0.15) is 0 Å². The lowest BCUT2D eigenvalue weighted by molar-refractivity contribution is -0.145. The minimum Gasteiger partial charge on any atom is -0.469 e. The highest BCUT2D eigenvalue weighted by atomic mass is 32.2. The fourth-order valence-corrected chi connectivity index (χ4v) is 4.30. The first-order chi connectivity index (χ1) is 11.7. The maximum absolute atomic E-state index is 12.8. The van der Waals surface area contributed by atoms with Crippen LogP contribution in [0.15, 0.2) is 23.1 Å². The Morgan fingerprint density at radius 1 is 1.32 bits per heavy atom. The number of carbonyl (C=O) groups is 2. The number of esters is 1. The van der Waals surface area contributed by atoms with E-state index < -0.39 is 27.0 Å². The summed E-state index contributed by atoms with van der Waals surface area (Å²) in [6.07, 6.45) is 0.558. The highest BCUT2D eigenvalue weighted by molar-refractivity contribution is 7.92. The van der Waals surface area contributed by atoms with Crippen LogP contribution in [0.4, 0.5) is 5.69 Å². The molecule has 1 aromatic carbocycles. The molecular weight excluding hydrogens is 344 g/mol. The Morgan fingerprint density at radius 2 is 2.00 bits per heavy atom. The monoisotopic (exact) mass is 368 g/mol. The van der Waals surface area contributed by atoms with Crippen molar-refractivity contribution in [1.82, 2.24) is 5.32 Å². The van der Waals surface area contributed by atoms with Gasteiger partial charge in [-0.25, -0.2) is 8.42 Å². The van der Waals surface area contributed by atoms with E-state index in [2.05, 4.69) is 10.6 Å². The van der Waals surface area contributed by atoms with Gasteiger partial charge in [-0.05, 0) is 50.6 Å². The number of benzene rings is 1. The van der Waals surface area contributed by atoms with Crippen molar-refractivity contribution in [1.29, 1.82) is 0 Å². The van der Waals surface area contributed by atoms with Gasteiger partial charge in [-0.1, -0.05) is 0 Å². The number of anilines is 1. The number of rotatable bonds is 5. The van der Waals surface area contributed by atoms with Crippen LogP contribution in [0.25, 0.3) is 0 Å². The van der Waals surface area contributed by atoms with Crippen LogP contribution >= 0.6 is 0 Å². The number of hydrogen-bond acceptors (Lipinski definition) is 6. The molecule has 7 nitrogen and oxygen atoms in total. The molecule has 0 aromatic heterocycles. The van der Waals surface area contributed by atoms with E-state index in [0.29, 0.717) is 24.2 Å². The zero-order valence-corrected chi connectivity index (χ0v) is 15.6. The summed E-state index contributed by atoms with van der Waals surface area (Å²) >= 11 is 0. The van der Waals surface area contributed by atoms with E-state index in [-0.39, 0.29) is 16.8 Å². The second-order valence-electron chi connectivity index (χ2n) is 6.38. The average molecular weight is 368 g/mol. The third kappa shape index (κ3) is 4.01. The van der Waals surface area contributed by atoms with Crippen molar-refractivity contribution >= 4 is 27.4 Å². The molecule has 2 rings (SSSR count). The molecule has 2 atom stereocenters. The molecule has 0 radical (unpaired) electrons. The van der Waals surface area contributed by atoms with Gasteiger partial charge in [0.15, 0.2) is 9.84 Å². The normalized spacial score (nSPS) is 20.5. The summed E-state index contributed by atoms with van der Waals surface area (Å²) < 4.78 is 30.4. The predicted molar refractivity (Wildman–Crippen MR) is 93.9 cm³/mol. The van der Waals surface area contributed by atoms with Crippen molar-refractivity contribution in [3.05, 3.63) is 23.8 Å². The van der Waals surface area contributed by atoms with Crippen LogP contribution in [0.5, 0.6) is 0 Å². The van der Waals surface area contributed by atoms with E-state index in [1.807, 2.05) is 0 Å². The number of nitrogens with one attached hydrogen (secondary N) is 2. The summed E-state index contributed by atoms with van der Waals surface area (Å²) in [5.74, 6) is -1.11. The number of sulfone groups is 1. The van der Waals surface area contributed by atoms with Crippen molar-refractivity contribution in [2.24, 2.45) is 5.92 Å². The van der Waals surface area contributed by atoms with E-state index in [1.165, 1.54) is 20.1 Å². The second kappa shape index (κ2) is 7.53. The molecule has 0 aliphatic carbocycles. The fourth-order valence-electron chi connectivity index (χ4n) is 3.02. The minimum atomic E-state index is -3.55. The average Bonchev–Trinajstić information content (AvgIpc) is 3.02. The fraction of sp³-hybridized carbons (Fsp3) is 0.529. The van der Waals surface area contributed by atoms with Crippen LogP contribution in [0.1, 0.15) is 38.8 Å². The van der Waals surface area contributed by atoms with Crippen molar-refractivity contribution in [3.63, 3.8) is 0 Å². The largest absolute Gasteiger partial charge is 0.469 e. The summed E-state index contributed by atoms with van der Waals surface area (Å²) in [7, 11) is -2.23. The Hall–Kier alpha value is -1.93. The number of ether oxygens (including phenoxy) is 1. The lowest BCUT2D eigenvalue weighted by Gasteiger charge is -2.23. The summed E-state index contributed by atoms with van der Waals surface area (Å²) in [4.78, 5) is 23.6.